The van der Waals surface area contributed by atoms with Crippen LogP contribution in [0.1, 0.15) is 37.2 Å². The average molecular weight is 297 g/mol. The van der Waals surface area contributed by atoms with E-state index in [9.17, 15) is 9.18 Å². The van der Waals surface area contributed by atoms with E-state index in [1.807, 2.05) is 20.8 Å². The molecule has 20 heavy (non-hydrogen) atoms. The van der Waals surface area contributed by atoms with Crippen LogP contribution in [-0.2, 0) is 5.41 Å². The molecule has 1 aromatic carbocycles. The summed E-state index contributed by atoms with van der Waals surface area (Å²) in [6, 6.07) is 4.15. The number of rotatable bonds is 2. The van der Waals surface area contributed by atoms with Crippen molar-refractivity contribution in [1.82, 2.24) is 15.2 Å². The summed E-state index contributed by atoms with van der Waals surface area (Å²) in [6.07, 6.45) is 0. The van der Waals surface area contributed by atoms with E-state index in [1.165, 1.54) is 18.2 Å². The first-order valence-corrected chi connectivity index (χ1v) is 6.35. The van der Waals surface area contributed by atoms with Crippen molar-refractivity contribution in [1.29, 1.82) is 0 Å². The lowest BCUT2D eigenvalue weighted by molar-refractivity contribution is 0.101. The van der Waals surface area contributed by atoms with Crippen LogP contribution in [0.5, 0.6) is 0 Å². The number of hydrogen-bond acceptors (Lipinski definition) is 3. The van der Waals surface area contributed by atoms with E-state index in [0.717, 1.165) is 0 Å². The second kappa shape index (κ2) is 5.20. The number of carbonyl (C=O) groups is 1. The Morgan fingerprint density at radius 1 is 1.40 bits per heavy atom. The summed E-state index contributed by atoms with van der Waals surface area (Å²) in [5, 5.41) is 9.00. The van der Waals surface area contributed by atoms with Crippen LogP contribution in [0.25, 0.3) is 0 Å². The maximum Gasteiger partial charge on any atom is 0.295 e. The molecule has 0 aliphatic rings. The van der Waals surface area contributed by atoms with E-state index in [0.29, 0.717) is 5.82 Å². The normalized spacial score (nSPS) is 11.4. The summed E-state index contributed by atoms with van der Waals surface area (Å²) >= 11 is 5.84. The van der Waals surface area contributed by atoms with Crippen LogP contribution in [0.4, 0.5) is 10.1 Å². The Balaban J connectivity index is 2.23. The van der Waals surface area contributed by atoms with Gasteiger partial charge in [-0.15, -0.1) is 5.10 Å². The topological polar surface area (TPSA) is 70.7 Å². The first-order chi connectivity index (χ1) is 9.29. The first-order valence-electron chi connectivity index (χ1n) is 5.97. The molecule has 2 N–H and O–H groups in total. The lowest BCUT2D eigenvalue weighted by Crippen LogP contribution is -2.16. The summed E-state index contributed by atoms with van der Waals surface area (Å²) in [6.45, 7) is 5.80. The van der Waals surface area contributed by atoms with Crippen LogP contribution in [0.2, 0.25) is 5.02 Å². The molecule has 5 nitrogen and oxygen atoms in total. The Labute approximate surface area is 120 Å². The van der Waals surface area contributed by atoms with Gasteiger partial charge in [-0.05, 0) is 12.1 Å². The first kappa shape index (κ1) is 14.5. The highest BCUT2D eigenvalue weighted by Gasteiger charge is 2.22. The number of carbonyl (C=O) groups excluding carboxylic acids is 1. The number of hydrogen-bond donors (Lipinski definition) is 2. The van der Waals surface area contributed by atoms with Crippen molar-refractivity contribution >= 4 is 23.2 Å². The zero-order chi connectivity index (χ0) is 14.9. The molecule has 0 fully saturated rings. The SMILES string of the molecule is CC(C)(C)c1nc(C(=O)Nc2c(F)cccc2Cl)n[nH]1. The monoisotopic (exact) mass is 296 g/mol. The molecule has 1 aromatic heterocycles. The third-order valence-corrected chi connectivity index (χ3v) is 2.92. The summed E-state index contributed by atoms with van der Waals surface area (Å²) in [5.41, 5.74) is -0.345. The van der Waals surface area contributed by atoms with E-state index in [-0.39, 0.29) is 21.9 Å². The molecule has 0 aliphatic carbocycles. The summed E-state index contributed by atoms with van der Waals surface area (Å²) in [5.74, 6) is -0.724. The van der Waals surface area contributed by atoms with Gasteiger partial charge in [0.1, 0.15) is 11.6 Å². The van der Waals surface area contributed by atoms with Gasteiger partial charge in [0, 0.05) is 5.41 Å². The van der Waals surface area contributed by atoms with Gasteiger partial charge < -0.3 is 5.32 Å². The predicted octanol–water partition coefficient (Wildman–Crippen LogP) is 3.15. The molecule has 0 atom stereocenters. The molecule has 0 spiro atoms. The quantitative estimate of drug-likeness (QED) is 0.894. The van der Waals surface area contributed by atoms with Crippen molar-refractivity contribution in [3.63, 3.8) is 0 Å². The van der Waals surface area contributed by atoms with Gasteiger partial charge in [-0.2, -0.15) is 0 Å². The van der Waals surface area contributed by atoms with Gasteiger partial charge in [-0.3, -0.25) is 9.89 Å². The standard InChI is InChI=1S/C13H14ClFN4O/c1-13(2,3)12-17-10(18-19-12)11(20)16-9-7(14)5-4-6-8(9)15/h4-6H,1-3H3,(H,16,20)(H,17,18,19). The van der Waals surface area contributed by atoms with Gasteiger partial charge in [0.05, 0.1) is 10.7 Å². The van der Waals surface area contributed by atoms with Crippen molar-refractivity contribution in [3.05, 3.63) is 40.7 Å². The fourth-order valence-corrected chi connectivity index (χ4v) is 1.70. The Morgan fingerprint density at radius 2 is 2.10 bits per heavy atom. The van der Waals surface area contributed by atoms with Gasteiger partial charge in [0.15, 0.2) is 0 Å². The highest BCUT2D eigenvalue weighted by Crippen LogP contribution is 2.25. The van der Waals surface area contributed by atoms with Crippen LogP contribution in [0.15, 0.2) is 18.2 Å². The lowest BCUT2D eigenvalue weighted by atomic mass is 9.96. The molecule has 0 saturated heterocycles. The number of anilines is 1. The van der Waals surface area contributed by atoms with Crippen LogP contribution < -0.4 is 5.32 Å². The van der Waals surface area contributed by atoms with Crippen molar-refractivity contribution in [2.75, 3.05) is 5.32 Å². The molecule has 0 saturated carbocycles. The Bertz CT molecular complexity index is 628. The van der Waals surface area contributed by atoms with Crippen molar-refractivity contribution in [3.8, 4) is 0 Å². The van der Waals surface area contributed by atoms with Gasteiger partial charge in [0.2, 0.25) is 5.82 Å². The smallest absolute Gasteiger partial charge is 0.295 e. The lowest BCUT2D eigenvalue weighted by Gasteiger charge is -2.12. The molecule has 1 heterocycles. The molecule has 2 aromatic rings. The van der Waals surface area contributed by atoms with Crippen LogP contribution >= 0.6 is 11.6 Å². The van der Waals surface area contributed by atoms with Gasteiger partial charge in [-0.25, -0.2) is 9.37 Å². The second-order valence-electron chi connectivity index (χ2n) is 5.31. The maximum atomic E-state index is 13.6. The van der Waals surface area contributed by atoms with E-state index in [1.54, 1.807) is 0 Å². The largest absolute Gasteiger partial charge is 0.315 e. The molecule has 0 radical (unpaired) electrons. The minimum Gasteiger partial charge on any atom is -0.315 e. The van der Waals surface area contributed by atoms with E-state index < -0.39 is 11.7 Å². The number of para-hydroxylation sites is 1. The minimum atomic E-state index is -0.622. The third kappa shape index (κ3) is 2.96. The maximum absolute atomic E-state index is 13.6. The van der Waals surface area contributed by atoms with Gasteiger partial charge >= 0.3 is 0 Å². The highest BCUT2D eigenvalue weighted by atomic mass is 35.5. The van der Waals surface area contributed by atoms with Crippen molar-refractivity contribution < 1.29 is 9.18 Å². The number of aromatic nitrogens is 3. The Hall–Kier alpha value is -1.95. The van der Waals surface area contributed by atoms with E-state index >= 15 is 0 Å². The van der Waals surface area contributed by atoms with Gasteiger partial charge in [-0.1, -0.05) is 38.4 Å². The Kier molecular flexibility index (Phi) is 3.76. The summed E-state index contributed by atoms with van der Waals surface area (Å²) < 4.78 is 13.6. The van der Waals surface area contributed by atoms with Crippen molar-refractivity contribution in [2.24, 2.45) is 0 Å². The number of nitrogens with one attached hydrogen (secondary N) is 2. The molecule has 0 bridgehead atoms. The van der Waals surface area contributed by atoms with E-state index in [2.05, 4.69) is 20.5 Å². The molecular formula is C13H14ClFN4O. The van der Waals surface area contributed by atoms with E-state index in [4.69, 9.17) is 11.6 Å². The summed E-state index contributed by atoms with van der Waals surface area (Å²) in [4.78, 5) is 16.1. The second-order valence-corrected chi connectivity index (χ2v) is 5.72. The van der Waals surface area contributed by atoms with Crippen LogP contribution in [0, 0.1) is 5.82 Å². The summed E-state index contributed by atoms with van der Waals surface area (Å²) in [7, 11) is 0. The zero-order valence-corrected chi connectivity index (χ0v) is 12.0. The minimum absolute atomic E-state index is 0.0609. The molecule has 106 valence electrons. The predicted molar refractivity (Wildman–Crippen MR) is 74.4 cm³/mol. The third-order valence-electron chi connectivity index (χ3n) is 2.60. The fraction of sp³-hybridized carbons (Fsp3) is 0.308. The fourth-order valence-electron chi connectivity index (χ4n) is 1.49. The molecule has 0 aliphatic heterocycles. The highest BCUT2D eigenvalue weighted by molar-refractivity contribution is 6.33. The molecule has 2 rings (SSSR count). The molecular weight excluding hydrogens is 283 g/mol. The zero-order valence-electron chi connectivity index (χ0n) is 11.3. The molecule has 0 unspecified atom stereocenters. The number of amides is 1. The van der Waals surface area contributed by atoms with Crippen LogP contribution in [-0.4, -0.2) is 21.1 Å². The number of halogens is 2. The van der Waals surface area contributed by atoms with Gasteiger partial charge in [0.25, 0.3) is 5.91 Å². The van der Waals surface area contributed by atoms with Crippen molar-refractivity contribution in [2.45, 2.75) is 26.2 Å². The number of H-pyrrole nitrogens is 1. The Morgan fingerprint density at radius 3 is 2.65 bits per heavy atom. The number of aromatic amines is 1. The van der Waals surface area contributed by atoms with Crippen LogP contribution in [0.3, 0.4) is 0 Å². The number of nitrogens with zero attached hydrogens (tertiary/aromatic N) is 2. The molecule has 7 heteroatoms. The average Bonchev–Trinajstić information content (AvgIpc) is 2.83. The molecule has 1 amide bonds. The number of benzene rings is 1.